The van der Waals surface area contributed by atoms with E-state index in [9.17, 15) is 33.8 Å². The number of hydrogen-bond acceptors (Lipinski definition) is 6. The summed E-state index contributed by atoms with van der Waals surface area (Å²) in [5.41, 5.74) is 2.56. The number of halogens is 1. The molecule has 0 saturated carbocycles. The first-order chi connectivity index (χ1) is 27.9. The number of aromatic nitrogens is 1. The maximum absolute atomic E-state index is 14.5. The number of nitrogens with one attached hydrogen (secondary N) is 3. The molecule has 1 fully saturated rings. The molecule has 1 aromatic heterocycles. The zero-order chi connectivity index (χ0) is 42.9. The van der Waals surface area contributed by atoms with Crippen LogP contribution in [-0.2, 0) is 29.0 Å². The molecule has 59 heavy (non-hydrogen) atoms. The van der Waals surface area contributed by atoms with Crippen molar-refractivity contribution in [3.8, 4) is 11.3 Å². The highest BCUT2D eigenvalue weighted by Crippen LogP contribution is 2.30. The van der Waals surface area contributed by atoms with E-state index < -0.39 is 64.8 Å². The minimum absolute atomic E-state index is 0.000308. The highest BCUT2D eigenvalue weighted by molar-refractivity contribution is 5.89. The predicted molar refractivity (Wildman–Crippen MR) is 225 cm³/mol. The average molecular weight is 809 g/mol. The van der Waals surface area contributed by atoms with Gasteiger partial charge >= 0.3 is 12.1 Å². The normalized spacial score (nSPS) is 15.8. The monoisotopic (exact) mass is 808 g/mol. The molecule has 0 bridgehead atoms. The molecule has 3 aromatic carbocycles. The summed E-state index contributed by atoms with van der Waals surface area (Å²) in [6.07, 6.45) is -0.287. The number of pyridine rings is 1. The molecule has 13 heteroatoms. The van der Waals surface area contributed by atoms with Crippen molar-refractivity contribution in [2.45, 2.75) is 97.6 Å². The molecular formula is C46H57FN6O6. The Kier molecular flexibility index (Phi) is 14.5. The molecule has 12 nitrogen and oxygen atoms in total. The van der Waals surface area contributed by atoms with Crippen molar-refractivity contribution in [3.63, 3.8) is 0 Å². The summed E-state index contributed by atoms with van der Waals surface area (Å²) in [5, 5.41) is 30.2. The lowest BCUT2D eigenvalue weighted by Gasteiger charge is -2.38. The Balaban J connectivity index is 1.41. The summed E-state index contributed by atoms with van der Waals surface area (Å²) in [6.45, 7) is 11.7. The van der Waals surface area contributed by atoms with Gasteiger partial charge in [0.15, 0.2) is 0 Å². The van der Waals surface area contributed by atoms with Crippen molar-refractivity contribution in [1.82, 2.24) is 30.7 Å². The quantitative estimate of drug-likeness (QED) is 0.0872. The van der Waals surface area contributed by atoms with E-state index >= 15 is 0 Å². The Labute approximate surface area is 346 Å². The summed E-state index contributed by atoms with van der Waals surface area (Å²) < 4.78 is 14.0. The molecule has 5 amide bonds. The second-order valence-corrected chi connectivity index (χ2v) is 17.5. The molecule has 4 aromatic rings. The third-order valence-electron chi connectivity index (χ3n) is 10.5. The van der Waals surface area contributed by atoms with E-state index in [0.29, 0.717) is 12.1 Å². The summed E-state index contributed by atoms with van der Waals surface area (Å²) in [4.78, 5) is 61.6. The van der Waals surface area contributed by atoms with Crippen LogP contribution in [0.3, 0.4) is 0 Å². The van der Waals surface area contributed by atoms with E-state index in [0.717, 1.165) is 22.4 Å². The number of urea groups is 1. The van der Waals surface area contributed by atoms with Crippen LogP contribution in [0.4, 0.5) is 14.0 Å². The van der Waals surface area contributed by atoms with Crippen LogP contribution < -0.4 is 16.0 Å². The average Bonchev–Trinajstić information content (AvgIpc) is 3.51. The number of nitrogens with zero attached hydrogens (tertiary/aromatic N) is 3. The largest absolute Gasteiger partial charge is 0.465 e. The number of hydrogen-bond donors (Lipinski definition) is 5. The Bertz CT molecular complexity index is 2040. The number of rotatable bonds is 16. The SMILES string of the molecule is CC(C)(C)[C@H](NC(=O)O)C(=O)N[C@@H](Cc1ccc(-c2ccccn2)cc1)C[C@H](O)[C@H](Cc1ccccc1)NC(=O)[C@@H](N1CCN(Cc2cccc(F)c2)C1=O)C(C)(C)C. The molecule has 0 radical (unpaired) electrons. The van der Waals surface area contributed by atoms with Crippen molar-refractivity contribution in [3.05, 3.63) is 126 Å². The van der Waals surface area contributed by atoms with Gasteiger partial charge in [-0.2, -0.15) is 0 Å². The van der Waals surface area contributed by atoms with Crippen molar-refractivity contribution < 1.29 is 33.8 Å². The molecule has 5 atom stereocenters. The number of amides is 5. The minimum Gasteiger partial charge on any atom is -0.465 e. The highest BCUT2D eigenvalue weighted by Gasteiger charge is 2.44. The second kappa shape index (κ2) is 19.3. The van der Waals surface area contributed by atoms with Crippen LogP contribution in [0.15, 0.2) is 103 Å². The first kappa shape index (κ1) is 44.3. The van der Waals surface area contributed by atoms with Crippen molar-refractivity contribution in [2.24, 2.45) is 10.8 Å². The van der Waals surface area contributed by atoms with Crippen LogP contribution in [0.1, 0.15) is 64.7 Å². The maximum Gasteiger partial charge on any atom is 0.405 e. The van der Waals surface area contributed by atoms with Gasteiger partial charge in [0, 0.05) is 37.4 Å². The zero-order valence-electron chi connectivity index (χ0n) is 34.7. The van der Waals surface area contributed by atoms with Crippen LogP contribution in [0, 0.1) is 16.6 Å². The van der Waals surface area contributed by atoms with E-state index in [-0.39, 0.29) is 38.4 Å². The minimum atomic E-state index is -1.34. The van der Waals surface area contributed by atoms with Crippen LogP contribution >= 0.6 is 0 Å². The number of carbonyl (C=O) groups excluding carboxylic acids is 3. The van der Waals surface area contributed by atoms with Crippen LogP contribution in [0.25, 0.3) is 11.3 Å². The lowest BCUT2D eigenvalue weighted by molar-refractivity contribution is -0.131. The molecule has 0 unspecified atom stereocenters. The number of aliphatic hydroxyl groups is 1. The van der Waals surface area contributed by atoms with E-state index in [1.54, 1.807) is 48.9 Å². The van der Waals surface area contributed by atoms with Gasteiger partial charge in [-0.25, -0.2) is 14.0 Å². The Morgan fingerprint density at radius 2 is 1.42 bits per heavy atom. The first-order valence-electron chi connectivity index (χ1n) is 20.0. The van der Waals surface area contributed by atoms with E-state index in [2.05, 4.69) is 20.9 Å². The van der Waals surface area contributed by atoms with Gasteiger partial charge in [-0.05, 0) is 71.0 Å². The third-order valence-corrected chi connectivity index (χ3v) is 10.5. The fourth-order valence-electron chi connectivity index (χ4n) is 7.62. The second-order valence-electron chi connectivity index (χ2n) is 17.5. The Hall–Kier alpha value is -5.82. The van der Waals surface area contributed by atoms with Crippen molar-refractivity contribution in [2.75, 3.05) is 13.1 Å². The maximum atomic E-state index is 14.5. The summed E-state index contributed by atoms with van der Waals surface area (Å²) in [6, 6.07) is 25.0. The summed E-state index contributed by atoms with van der Waals surface area (Å²) >= 11 is 0. The van der Waals surface area contributed by atoms with Crippen LogP contribution in [0.2, 0.25) is 0 Å². The standard InChI is InChI=1S/C46H57FN6O6/c1-45(2,3)39(51-43(57)58)41(55)49-35(26-31-18-20-33(21-19-31)36-17-10-11-22-48-36)28-38(54)37(27-30-13-8-7-9-14-30)50-42(56)40(46(4,5)6)53-24-23-52(44(53)59)29-32-15-12-16-34(47)25-32/h7-22,25,35,37-40,51,54H,23-24,26-29H2,1-6H3,(H,49,55)(H,50,56)(H,57,58)/t35-,37-,38-,39+,40+/m0/s1. The molecule has 1 aliphatic heterocycles. The Morgan fingerprint density at radius 1 is 0.763 bits per heavy atom. The Morgan fingerprint density at radius 3 is 2.03 bits per heavy atom. The van der Waals surface area contributed by atoms with Gasteiger partial charge in [0.25, 0.3) is 0 Å². The van der Waals surface area contributed by atoms with Gasteiger partial charge in [0.05, 0.1) is 17.8 Å². The van der Waals surface area contributed by atoms with Gasteiger partial charge < -0.3 is 36.0 Å². The fraction of sp³-hybridized carbons (Fsp3) is 0.413. The lowest BCUT2D eigenvalue weighted by atomic mass is 9.84. The van der Waals surface area contributed by atoms with Crippen molar-refractivity contribution >= 4 is 23.9 Å². The predicted octanol–water partition coefficient (Wildman–Crippen LogP) is 6.43. The topological polar surface area (TPSA) is 164 Å². The molecule has 1 aliphatic rings. The lowest BCUT2D eigenvalue weighted by Crippen LogP contribution is -2.59. The van der Waals surface area contributed by atoms with E-state index in [1.165, 1.54) is 12.1 Å². The molecular weight excluding hydrogens is 752 g/mol. The number of aliphatic hydroxyl groups excluding tert-OH is 1. The van der Waals surface area contributed by atoms with Crippen molar-refractivity contribution in [1.29, 1.82) is 0 Å². The van der Waals surface area contributed by atoms with Crippen LogP contribution in [0.5, 0.6) is 0 Å². The van der Waals surface area contributed by atoms with Gasteiger partial charge in [0.1, 0.15) is 17.9 Å². The van der Waals surface area contributed by atoms with Gasteiger partial charge in [-0.1, -0.05) is 114 Å². The zero-order valence-corrected chi connectivity index (χ0v) is 34.7. The number of carboxylic acid groups (broad SMARTS) is 1. The van der Waals surface area contributed by atoms with E-state index in [4.69, 9.17) is 0 Å². The van der Waals surface area contributed by atoms with Gasteiger partial charge in [-0.15, -0.1) is 0 Å². The number of benzene rings is 3. The number of carbonyl (C=O) groups is 4. The summed E-state index contributed by atoms with van der Waals surface area (Å²) in [5.74, 6) is -1.39. The molecule has 2 heterocycles. The third kappa shape index (κ3) is 12.3. The van der Waals surface area contributed by atoms with Gasteiger partial charge in [0.2, 0.25) is 11.8 Å². The molecule has 1 saturated heterocycles. The molecule has 314 valence electrons. The fourth-order valence-corrected chi connectivity index (χ4v) is 7.62. The molecule has 0 aliphatic carbocycles. The summed E-state index contributed by atoms with van der Waals surface area (Å²) in [7, 11) is 0. The van der Waals surface area contributed by atoms with E-state index in [1.807, 2.05) is 93.6 Å². The molecule has 0 spiro atoms. The molecule has 5 rings (SSSR count). The highest BCUT2D eigenvalue weighted by atomic mass is 19.1. The smallest absolute Gasteiger partial charge is 0.405 e. The van der Waals surface area contributed by atoms with Crippen LogP contribution in [-0.4, -0.2) is 92.3 Å². The molecule has 5 N–H and O–H groups in total. The van der Waals surface area contributed by atoms with Gasteiger partial charge in [-0.3, -0.25) is 14.6 Å². The first-order valence-corrected chi connectivity index (χ1v) is 20.0.